The highest BCUT2D eigenvalue weighted by Crippen LogP contribution is 2.32. The van der Waals surface area contributed by atoms with E-state index in [1.54, 1.807) is 6.07 Å². The Labute approximate surface area is 91.7 Å². The summed E-state index contributed by atoms with van der Waals surface area (Å²) in [6, 6.07) is 4.12. The van der Waals surface area contributed by atoms with Crippen molar-refractivity contribution < 1.29 is 9.90 Å². The largest absolute Gasteiger partial charge is 0.505 e. The zero-order valence-electron chi connectivity index (χ0n) is 8.76. The van der Waals surface area contributed by atoms with Crippen LogP contribution in [-0.4, -0.2) is 30.0 Å². The van der Waals surface area contributed by atoms with Crippen LogP contribution in [0, 0.1) is 16.2 Å². The van der Waals surface area contributed by atoms with Crippen LogP contribution in [0.5, 0.6) is 5.75 Å². The van der Waals surface area contributed by atoms with Gasteiger partial charge in [-0.15, -0.1) is 4.91 Å². The quantitative estimate of drug-likeness (QED) is 0.760. The summed E-state index contributed by atoms with van der Waals surface area (Å²) in [5, 5.41) is 20.8. The molecule has 0 radical (unpaired) electrons. The topological polar surface area (TPSA) is 93.8 Å². The number of carbonyl (C=O) groups excluding carboxylic acids is 1. The second-order valence-electron chi connectivity index (χ2n) is 3.29. The lowest BCUT2D eigenvalue weighted by molar-refractivity contribution is 0.0824. The molecule has 0 unspecified atom stereocenters. The van der Waals surface area contributed by atoms with Gasteiger partial charge in [-0.2, -0.15) is 5.26 Å². The molecule has 0 saturated carbocycles. The Bertz CT molecular complexity index is 489. The van der Waals surface area contributed by atoms with Crippen LogP contribution in [0.15, 0.2) is 17.3 Å². The van der Waals surface area contributed by atoms with Gasteiger partial charge < -0.3 is 10.0 Å². The van der Waals surface area contributed by atoms with Crippen LogP contribution in [-0.2, 0) is 0 Å². The summed E-state index contributed by atoms with van der Waals surface area (Å²) >= 11 is 0. The van der Waals surface area contributed by atoms with Crippen molar-refractivity contribution in [3.05, 3.63) is 28.2 Å². The van der Waals surface area contributed by atoms with Crippen LogP contribution in [0.4, 0.5) is 5.69 Å². The average molecular weight is 219 g/mol. The van der Waals surface area contributed by atoms with Crippen LogP contribution in [0.3, 0.4) is 0 Å². The first-order chi connectivity index (χ1) is 7.51. The van der Waals surface area contributed by atoms with E-state index in [1.807, 2.05) is 0 Å². The van der Waals surface area contributed by atoms with E-state index in [-0.39, 0.29) is 16.8 Å². The minimum absolute atomic E-state index is 0.0950. The molecule has 6 nitrogen and oxygen atoms in total. The van der Waals surface area contributed by atoms with Gasteiger partial charge in [0.1, 0.15) is 0 Å². The van der Waals surface area contributed by atoms with Gasteiger partial charge in [-0.05, 0) is 17.3 Å². The number of hydrogen-bond donors (Lipinski definition) is 1. The molecule has 1 aromatic rings. The maximum Gasteiger partial charge on any atom is 0.257 e. The van der Waals surface area contributed by atoms with Crippen molar-refractivity contribution in [2.24, 2.45) is 5.18 Å². The number of amides is 1. The van der Waals surface area contributed by atoms with E-state index in [4.69, 9.17) is 5.26 Å². The van der Waals surface area contributed by atoms with Gasteiger partial charge in [0.15, 0.2) is 11.4 Å². The first kappa shape index (κ1) is 11.7. The molecule has 1 amide bonds. The number of rotatable bonds is 2. The number of phenols is 1. The number of aromatic hydroxyl groups is 1. The zero-order valence-corrected chi connectivity index (χ0v) is 8.76. The number of hydrogen-bond acceptors (Lipinski definition) is 5. The molecule has 1 aromatic carbocycles. The number of benzene rings is 1. The Morgan fingerprint density at radius 1 is 1.50 bits per heavy atom. The van der Waals surface area contributed by atoms with Gasteiger partial charge in [0.05, 0.1) is 17.2 Å². The maximum absolute atomic E-state index is 11.6. The molecule has 0 fully saturated rings. The fourth-order valence-electron chi connectivity index (χ4n) is 1.16. The first-order valence-electron chi connectivity index (χ1n) is 4.33. The molecule has 1 N–H and O–H groups in total. The first-order valence-corrected chi connectivity index (χ1v) is 4.33. The van der Waals surface area contributed by atoms with Crippen molar-refractivity contribution in [2.45, 2.75) is 0 Å². The number of nitriles is 1. The van der Waals surface area contributed by atoms with Gasteiger partial charge >= 0.3 is 0 Å². The van der Waals surface area contributed by atoms with Crippen molar-refractivity contribution in [2.75, 3.05) is 14.1 Å². The Balaban J connectivity index is 3.44. The van der Waals surface area contributed by atoms with Crippen LogP contribution in [0.25, 0.3) is 0 Å². The molecule has 0 saturated heterocycles. The minimum Gasteiger partial charge on any atom is -0.505 e. The molecule has 82 valence electrons. The molecule has 0 aliphatic heterocycles. The number of nitrogens with zero attached hydrogens (tertiary/aromatic N) is 3. The monoisotopic (exact) mass is 219 g/mol. The molecule has 16 heavy (non-hydrogen) atoms. The van der Waals surface area contributed by atoms with Gasteiger partial charge in [0.2, 0.25) is 0 Å². The summed E-state index contributed by atoms with van der Waals surface area (Å²) < 4.78 is 0. The lowest BCUT2D eigenvalue weighted by atomic mass is 10.1. The molecular formula is C10H9N3O3. The molecule has 0 aliphatic rings. The van der Waals surface area contributed by atoms with Crippen molar-refractivity contribution in [1.82, 2.24) is 4.90 Å². The number of phenolic OH excluding ortho intramolecular Hbond substituents is 1. The van der Waals surface area contributed by atoms with Crippen LogP contribution in [0.2, 0.25) is 0 Å². The summed E-state index contributed by atoms with van der Waals surface area (Å²) in [6.07, 6.45) is 0. The Morgan fingerprint density at radius 2 is 2.12 bits per heavy atom. The number of carbonyl (C=O) groups is 1. The highest BCUT2D eigenvalue weighted by molar-refractivity contribution is 5.98. The molecule has 0 spiro atoms. The molecule has 0 bridgehead atoms. The second kappa shape index (κ2) is 4.40. The fraction of sp³-hybridized carbons (Fsp3) is 0.200. The van der Waals surface area contributed by atoms with E-state index in [2.05, 4.69) is 5.18 Å². The van der Waals surface area contributed by atoms with E-state index in [0.717, 1.165) is 6.07 Å². The fourth-order valence-corrected chi connectivity index (χ4v) is 1.16. The van der Waals surface area contributed by atoms with E-state index < -0.39 is 11.7 Å². The Kier molecular flexibility index (Phi) is 3.20. The van der Waals surface area contributed by atoms with Gasteiger partial charge in [0, 0.05) is 14.1 Å². The minimum atomic E-state index is -0.507. The van der Waals surface area contributed by atoms with E-state index in [9.17, 15) is 14.8 Å². The summed E-state index contributed by atoms with van der Waals surface area (Å²) in [6.45, 7) is 0. The lowest BCUT2D eigenvalue weighted by Gasteiger charge is -2.12. The van der Waals surface area contributed by atoms with Gasteiger partial charge in [-0.25, -0.2) is 0 Å². The van der Waals surface area contributed by atoms with Crippen molar-refractivity contribution in [3.63, 3.8) is 0 Å². The lowest BCUT2D eigenvalue weighted by Crippen LogP contribution is -2.21. The Hall–Kier alpha value is -2.42. The summed E-state index contributed by atoms with van der Waals surface area (Å²) in [4.78, 5) is 23.2. The average Bonchev–Trinajstić information content (AvgIpc) is 2.28. The third-order valence-corrected chi connectivity index (χ3v) is 1.95. The third-order valence-electron chi connectivity index (χ3n) is 1.95. The predicted octanol–water partition coefficient (Wildman–Crippen LogP) is 1.36. The van der Waals surface area contributed by atoms with Crippen LogP contribution < -0.4 is 0 Å². The van der Waals surface area contributed by atoms with Crippen molar-refractivity contribution in [1.29, 1.82) is 5.26 Å². The normalized spacial score (nSPS) is 9.31. The molecule has 0 aromatic heterocycles. The smallest absolute Gasteiger partial charge is 0.257 e. The predicted molar refractivity (Wildman–Crippen MR) is 56.3 cm³/mol. The van der Waals surface area contributed by atoms with Gasteiger partial charge in [-0.1, -0.05) is 0 Å². The SMILES string of the molecule is CN(C)C(=O)c1cc(C#N)cc(N=O)c1O. The van der Waals surface area contributed by atoms with E-state index in [1.165, 1.54) is 25.1 Å². The highest BCUT2D eigenvalue weighted by atomic mass is 16.3. The molecule has 0 heterocycles. The van der Waals surface area contributed by atoms with Crippen molar-refractivity contribution >= 4 is 11.6 Å². The van der Waals surface area contributed by atoms with Crippen molar-refractivity contribution in [3.8, 4) is 11.8 Å². The molecule has 1 rings (SSSR count). The molecule has 0 atom stereocenters. The van der Waals surface area contributed by atoms with E-state index in [0.29, 0.717) is 0 Å². The molecule has 6 heteroatoms. The highest BCUT2D eigenvalue weighted by Gasteiger charge is 2.18. The summed E-state index contributed by atoms with van der Waals surface area (Å²) in [5.41, 5.74) is -0.333. The third kappa shape index (κ3) is 1.98. The van der Waals surface area contributed by atoms with Crippen LogP contribution in [0.1, 0.15) is 15.9 Å². The van der Waals surface area contributed by atoms with Gasteiger partial charge in [-0.3, -0.25) is 4.79 Å². The standard InChI is InChI=1S/C10H9N3O3/c1-13(2)10(15)7-3-6(5-11)4-8(12-16)9(7)14/h3-4,14H,1-2H3. The maximum atomic E-state index is 11.6. The molecule has 0 aliphatic carbocycles. The van der Waals surface area contributed by atoms with E-state index >= 15 is 0 Å². The summed E-state index contributed by atoms with van der Waals surface area (Å²) in [7, 11) is 2.99. The van der Waals surface area contributed by atoms with Gasteiger partial charge in [0.25, 0.3) is 5.91 Å². The number of nitroso groups, excluding NO2 is 1. The van der Waals surface area contributed by atoms with Crippen LogP contribution >= 0.6 is 0 Å². The second-order valence-corrected chi connectivity index (χ2v) is 3.29. The molecular weight excluding hydrogens is 210 g/mol. The zero-order chi connectivity index (χ0) is 12.3. The Morgan fingerprint density at radius 3 is 2.56 bits per heavy atom. The summed E-state index contributed by atoms with van der Waals surface area (Å²) in [5.74, 6) is -1.01.